The van der Waals surface area contributed by atoms with Crippen molar-refractivity contribution >= 4 is 34.9 Å². The fraction of sp³-hybridized carbons (Fsp3) is 0.0714. The lowest BCUT2D eigenvalue weighted by Gasteiger charge is -2.25. The number of nitrogen functional groups attached to an aromatic ring is 1. The molecule has 148 valence electrons. The Balaban J connectivity index is 1.64. The van der Waals surface area contributed by atoms with E-state index in [0.717, 1.165) is 33.9 Å². The highest BCUT2D eigenvalue weighted by Gasteiger charge is 2.11. The van der Waals surface area contributed by atoms with Gasteiger partial charge in [0.2, 0.25) is 0 Å². The standard InChI is InChI=1S/C28H26N2/c1-21-3-15-26(16-4-21)30(27-17-5-22(2)6-18-27)28-19-11-24(12-20-28)8-7-23-9-13-25(29)14-10-23/h3-20H,29H2,1-2H3/b8-7+. The molecule has 2 nitrogen and oxygen atoms in total. The maximum atomic E-state index is 5.76. The van der Waals surface area contributed by atoms with E-state index in [2.05, 4.69) is 104 Å². The number of anilines is 4. The van der Waals surface area contributed by atoms with Gasteiger partial charge in [-0.05, 0) is 73.5 Å². The van der Waals surface area contributed by atoms with E-state index in [1.165, 1.54) is 11.1 Å². The maximum Gasteiger partial charge on any atom is 0.0462 e. The van der Waals surface area contributed by atoms with E-state index in [-0.39, 0.29) is 0 Å². The van der Waals surface area contributed by atoms with Crippen molar-refractivity contribution in [2.24, 2.45) is 0 Å². The number of hydrogen-bond donors (Lipinski definition) is 1. The molecule has 0 atom stereocenters. The van der Waals surface area contributed by atoms with Crippen molar-refractivity contribution in [3.8, 4) is 0 Å². The SMILES string of the molecule is Cc1ccc(N(c2ccc(C)cc2)c2ccc(/C=C/c3ccc(N)cc3)cc2)cc1. The Morgan fingerprint density at radius 2 is 0.833 bits per heavy atom. The van der Waals surface area contributed by atoms with Crippen molar-refractivity contribution in [2.75, 3.05) is 10.6 Å². The Labute approximate surface area is 178 Å². The van der Waals surface area contributed by atoms with Gasteiger partial charge in [0.25, 0.3) is 0 Å². The summed E-state index contributed by atoms with van der Waals surface area (Å²) in [6, 6.07) is 33.8. The van der Waals surface area contributed by atoms with Crippen LogP contribution in [0.25, 0.3) is 12.2 Å². The third kappa shape index (κ3) is 4.61. The lowest BCUT2D eigenvalue weighted by atomic mass is 10.1. The average Bonchev–Trinajstić information content (AvgIpc) is 2.77. The van der Waals surface area contributed by atoms with E-state index >= 15 is 0 Å². The van der Waals surface area contributed by atoms with Crippen LogP contribution in [0.1, 0.15) is 22.3 Å². The summed E-state index contributed by atoms with van der Waals surface area (Å²) in [5.74, 6) is 0. The molecule has 0 aromatic heterocycles. The Kier molecular flexibility index (Phi) is 5.67. The first-order valence-electron chi connectivity index (χ1n) is 10.2. The molecular formula is C28H26N2. The highest BCUT2D eigenvalue weighted by atomic mass is 15.1. The molecule has 4 rings (SSSR count). The fourth-order valence-corrected chi connectivity index (χ4v) is 3.37. The van der Waals surface area contributed by atoms with Gasteiger partial charge in [-0.3, -0.25) is 0 Å². The predicted molar refractivity (Wildman–Crippen MR) is 130 cm³/mol. The zero-order chi connectivity index (χ0) is 20.9. The first kappa shape index (κ1) is 19.5. The van der Waals surface area contributed by atoms with Gasteiger partial charge in [0.05, 0.1) is 0 Å². The van der Waals surface area contributed by atoms with Crippen molar-refractivity contribution in [1.29, 1.82) is 0 Å². The van der Waals surface area contributed by atoms with Gasteiger partial charge in [-0.1, -0.05) is 71.8 Å². The van der Waals surface area contributed by atoms with Gasteiger partial charge < -0.3 is 10.6 Å². The topological polar surface area (TPSA) is 29.3 Å². The first-order chi connectivity index (χ1) is 14.6. The third-order valence-corrected chi connectivity index (χ3v) is 5.14. The average molecular weight is 391 g/mol. The Bertz CT molecular complexity index is 1080. The number of rotatable bonds is 5. The van der Waals surface area contributed by atoms with Gasteiger partial charge in [0.1, 0.15) is 0 Å². The van der Waals surface area contributed by atoms with Gasteiger partial charge in [-0.25, -0.2) is 0 Å². The summed E-state index contributed by atoms with van der Waals surface area (Å²) in [7, 11) is 0. The van der Waals surface area contributed by atoms with Gasteiger partial charge >= 0.3 is 0 Å². The van der Waals surface area contributed by atoms with Gasteiger partial charge in [0, 0.05) is 22.7 Å². The molecule has 0 aliphatic carbocycles. The lowest BCUT2D eigenvalue weighted by Crippen LogP contribution is -2.09. The Morgan fingerprint density at radius 1 is 0.500 bits per heavy atom. The van der Waals surface area contributed by atoms with Crippen LogP contribution in [0.3, 0.4) is 0 Å². The first-order valence-corrected chi connectivity index (χ1v) is 10.2. The minimum Gasteiger partial charge on any atom is -0.399 e. The van der Waals surface area contributed by atoms with Crippen LogP contribution in [-0.2, 0) is 0 Å². The van der Waals surface area contributed by atoms with Crippen molar-refractivity contribution in [3.63, 3.8) is 0 Å². The Hall–Kier alpha value is -3.78. The zero-order valence-corrected chi connectivity index (χ0v) is 17.4. The van der Waals surface area contributed by atoms with Gasteiger partial charge in [-0.15, -0.1) is 0 Å². The highest BCUT2D eigenvalue weighted by Crippen LogP contribution is 2.34. The number of nitrogens with two attached hydrogens (primary N) is 1. The molecule has 0 aliphatic rings. The summed E-state index contributed by atoms with van der Waals surface area (Å²) in [6.45, 7) is 4.23. The smallest absolute Gasteiger partial charge is 0.0462 e. The number of nitrogens with zero attached hydrogens (tertiary/aromatic N) is 1. The predicted octanol–water partition coefficient (Wildman–Crippen LogP) is 7.53. The van der Waals surface area contributed by atoms with Crippen LogP contribution < -0.4 is 10.6 Å². The van der Waals surface area contributed by atoms with E-state index in [0.29, 0.717) is 0 Å². The van der Waals surface area contributed by atoms with Crippen LogP contribution in [0, 0.1) is 13.8 Å². The molecule has 0 saturated carbocycles. The van der Waals surface area contributed by atoms with Crippen LogP contribution in [0.5, 0.6) is 0 Å². The molecule has 4 aromatic rings. The van der Waals surface area contributed by atoms with Crippen molar-refractivity contribution in [3.05, 3.63) is 119 Å². The molecule has 2 N–H and O–H groups in total. The Morgan fingerprint density at radius 3 is 1.23 bits per heavy atom. The summed E-state index contributed by atoms with van der Waals surface area (Å²) >= 11 is 0. The summed E-state index contributed by atoms with van der Waals surface area (Å²) < 4.78 is 0. The second-order valence-electron chi connectivity index (χ2n) is 7.60. The normalized spacial score (nSPS) is 11.0. The zero-order valence-electron chi connectivity index (χ0n) is 17.4. The third-order valence-electron chi connectivity index (χ3n) is 5.14. The molecule has 0 spiro atoms. The quantitative estimate of drug-likeness (QED) is 0.282. The monoisotopic (exact) mass is 390 g/mol. The van der Waals surface area contributed by atoms with Crippen molar-refractivity contribution in [1.82, 2.24) is 0 Å². The maximum absolute atomic E-state index is 5.76. The number of hydrogen-bond acceptors (Lipinski definition) is 2. The summed E-state index contributed by atoms with van der Waals surface area (Å²) in [6.07, 6.45) is 4.23. The molecule has 0 bridgehead atoms. The van der Waals surface area contributed by atoms with Crippen LogP contribution in [0.4, 0.5) is 22.7 Å². The van der Waals surface area contributed by atoms with Crippen LogP contribution in [0.15, 0.2) is 97.1 Å². The number of benzene rings is 4. The van der Waals surface area contributed by atoms with E-state index in [1.807, 2.05) is 24.3 Å². The molecule has 0 heterocycles. The fourth-order valence-electron chi connectivity index (χ4n) is 3.37. The second kappa shape index (κ2) is 8.71. The van der Waals surface area contributed by atoms with Gasteiger partial charge in [0.15, 0.2) is 0 Å². The minimum atomic E-state index is 0.781. The van der Waals surface area contributed by atoms with E-state index in [1.54, 1.807) is 0 Å². The van der Waals surface area contributed by atoms with Gasteiger partial charge in [-0.2, -0.15) is 0 Å². The second-order valence-corrected chi connectivity index (χ2v) is 7.60. The molecule has 2 heteroatoms. The van der Waals surface area contributed by atoms with Crippen molar-refractivity contribution in [2.45, 2.75) is 13.8 Å². The summed E-state index contributed by atoms with van der Waals surface area (Å²) in [5.41, 5.74) is 14.8. The van der Waals surface area contributed by atoms with Crippen molar-refractivity contribution < 1.29 is 0 Å². The van der Waals surface area contributed by atoms with Crippen LogP contribution in [0.2, 0.25) is 0 Å². The molecule has 0 unspecified atom stereocenters. The van der Waals surface area contributed by atoms with E-state index in [4.69, 9.17) is 5.73 Å². The summed E-state index contributed by atoms with van der Waals surface area (Å²) in [4.78, 5) is 2.28. The van der Waals surface area contributed by atoms with Crippen LogP contribution >= 0.6 is 0 Å². The lowest BCUT2D eigenvalue weighted by molar-refractivity contribution is 1.27. The van der Waals surface area contributed by atoms with E-state index in [9.17, 15) is 0 Å². The largest absolute Gasteiger partial charge is 0.399 e. The highest BCUT2D eigenvalue weighted by molar-refractivity contribution is 5.78. The molecule has 4 aromatic carbocycles. The molecule has 0 radical (unpaired) electrons. The summed E-state index contributed by atoms with van der Waals surface area (Å²) in [5, 5.41) is 0. The molecule has 30 heavy (non-hydrogen) atoms. The minimum absolute atomic E-state index is 0.781. The molecule has 0 fully saturated rings. The molecule has 0 aliphatic heterocycles. The van der Waals surface area contributed by atoms with Crippen LogP contribution in [-0.4, -0.2) is 0 Å². The van der Waals surface area contributed by atoms with E-state index < -0.39 is 0 Å². The molecular weight excluding hydrogens is 364 g/mol. The molecule has 0 saturated heterocycles. The molecule has 0 amide bonds. The number of aryl methyl sites for hydroxylation is 2.